The SMILES string of the molecule is CCCN(CCC)S(=O)(=O)c1ccc(CCCl)cc1. The van der Waals surface area contributed by atoms with Crippen molar-refractivity contribution < 1.29 is 8.42 Å². The summed E-state index contributed by atoms with van der Waals surface area (Å²) in [5, 5.41) is 0. The topological polar surface area (TPSA) is 37.4 Å². The molecule has 0 unspecified atom stereocenters. The fourth-order valence-electron chi connectivity index (χ4n) is 1.94. The second kappa shape index (κ2) is 7.88. The summed E-state index contributed by atoms with van der Waals surface area (Å²) in [7, 11) is -3.36. The molecule has 19 heavy (non-hydrogen) atoms. The molecule has 1 rings (SSSR count). The number of aryl methyl sites for hydroxylation is 1. The fourth-order valence-corrected chi connectivity index (χ4v) is 3.78. The Morgan fingerprint density at radius 2 is 1.58 bits per heavy atom. The molecule has 0 atom stereocenters. The fraction of sp³-hybridized carbons (Fsp3) is 0.571. The number of hydrogen-bond acceptors (Lipinski definition) is 2. The number of sulfonamides is 1. The van der Waals surface area contributed by atoms with E-state index >= 15 is 0 Å². The average Bonchev–Trinajstić information content (AvgIpc) is 2.39. The van der Waals surface area contributed by atoms with Gasteiger partial charge in [-0.15, -0.1) is 11.6 Å². The Bertz CT molecular complexity index is 465. The van der Waals surface area contributed by atoms with Gasteiger partial charge in [0.25, 0.3) is 0 Å². The number of hydrogen-bond donors (Lipinski definition) is 0. The van der Waals surface area contributed by atoms with Crippen LogP contribution in [0.25, 0.3) is 0 Å². The predicted octanol–water partition coefficient (Wildman–Crippen LogP) is 3.28. The average molecular weight is 304 g/mol. The monoisotopic (exact) mass is 303 g/mol. The van der Waals surface area contributed by atoms with Gasteiger partial charge in [-0.2, -0.15) is 4.31 Å². The van der Waals surface area contributed by atoms with Gasteiger partial charge in [-0.3, -0.25) is 0 Å². The van der Waals surface area contributed by atoms with Crippen LogP contribution in [0.4, 0.5) is 0 Å². The summed E-state index contributed by atoms with van der Waals surface area (Å²) in [5.74, 6) is 0.546. The van der Waals surface area contributed by atoms with Crippen LogP contribution < -0.4 is 0 Å². The highest BCUT2D eigenvalue weighted by molar-refractivity contribution is 7.89. The molecular formula is C14H22ClNO2S. The van der Waals surface area contributed by atoms with Crippen molar-refractivity contribution in [2.75, 3.05) is 19.0 Å². The first-order valence-electron chi connectivity index (χ1n) is 6.71. The van der Waals surface area contributed by atoms with E-state index in [-0.39, 0.29) is 0 Å². The molecular weight excluding hydrogens is 282 g/mol. The molecule has 0 fully saturated rings. The Labute approximate surface area is 121 Å². The standard InChI is InChI=1S/C14H22ClNO2S/c1-3-11-16(12-4-2)19(17,18)14-7-5-13(6-8-14)9-10-15/h5-8H,3-4,9-12H2,1-2H3. The van der Waals surface area contributed by atoms with Crippen LogP contribution in [0.3, 0.4) is 0 Å². The summed E-state index contributed by atoms with van der Waals surface area (Å²) >= 11 is 5.67. The van der Waals surface area contributed by atoms with E-state index in [1.807, 2.05) is 26.0 Å². The molecule has 0 aliphatic rings. The Morgan fingerprint density at radius 3 is 2.00 bits per heavy atom. The zero-order valence-corrected chi connectivity index (χ0v) is 13.2. The molecule has 1 aromatic rings. The van der Waals surface area contributed by atoms with Crippen LogP contribution >= 0.6 is 11.6 Å². The molecule has 0 N–H and O–H groups in total. The van der Waals surface area contributed by atoms with E-state index in [4.69, 9.17) is 11.6 Å². The molecule has 3 nitrogen and oxygen atoms in total. The maximum Gasteiger partial charge on any atom is 0.243 e. The normalized spacial score (nSPS) is 12.0. The second-order valence-corrected chi connectivity index (χ2v) is 6.80. The number of alkyl halides is 1. The Hall–Kier alpha value is -0.580. The minimum atomic E-state index is -3.36. The van der Waals surface area contributed by atoms with Gasteiger partial charge in [0, 0.05) is 19.0 Å². The predicted molar refractivity (Wildman–Crippen MR) is 80.2 cm³/mol. The van der Waals surface area contributed by atoms with Crippen LogP contribution in [-0.2, 0) is 16.4 Å². The third kappa shape index (κ3) is 4.48. The lowest BCUT2D eigenvalue weighted by Gasteiger charge is -2.21. The van der Waals surface area contributed by atoms with E-state index in [1.165, 1.54) is 0 Å². The van der Waals surface area contributed by atoms with Crippen molar-refractivity contribution in [2.45, 2.75) is 38.0 Å². The molecule has 0 saturated heterocycles. The van der Waals surface area contributed by atoms with Crippen molar-refractivity contribution in [3.63, 3.8) is 0 Å². The Morgan fingerprint density at radius 1 is 1.05 bits per heavy atom. The molecule has 1 aromatic carbocycles. The van der Waals surface area contributed by atoms with E-state index in [0.717, 1.165) is 24.8 Å². The number of halogens is 1. The van der Waals surface area contributed by atoms with Crippen molar-refractivity contribution in [1.82, 2.24) is 4.31 Å². The summed E-state index contributed by atoms with van der Waals surface area (Å²) in [6, 6.07) is 7.03. The summed E-state index contributed by atoms with van der Waals surface area (Å²) < 4.78 is 26.5. The van der Waals surface area contributed by atoms with E-state index in [1.54, 1.807) is 16.4 Å². The summed E-state index contributed by atoms with van der Waals surface area (Å²) in [6.07, 6.45) is 2.41. The van der Waals surface area contributed by atoms with Crippen molar-refractivity contribution in [3.8, 4) is 0 Å². The van der Waals surface area contributed by atoms with Gasteiger partial charge in [0.2, 0.25) is 10.0 Å². The summed E-state index contributed by atoms with van der Waals surface area (Å²) in [5.41, 5.74) is 1.06. The van der Waals surface area contributed by atoms with E-state index < -0.39 is 10.0 Å². The zero-order chi connectivity index (χ0) is 14.3. The van der Waals surface area contributed by atoms with Crippen LogP contribution in [0.15, 0.2) is 29.2 Å². The Kier molecular flexibility index (Phi) is 6.83. The van der Waals surface area contributed by atoms with Gasteiger partial charge in [0.1, 0.15) is 0 Å². The molecule has 0 saturated carbocycles. The van der Waals surface area contributed by atoms with E-state index in [2.05, 4.69) is 0 Å². The van der Waals surface area contributed by atoms with Crippen LogP contribution in [-0.4, -0.2) is 31.7 Å². The number of benzene rings is 1. The smallest absolute Gasteiger partial charge is 0.207 e. The minimum absolute atomic E-state index is 0.368. The molecule has 0 aliphatic heterocycles. The summed E-state index contributed by atoms with van der Waals surface area (Å²) in [6.45, 7) is 5.11. The first-order valence-corrected chi connectivity index (χ1v) is 8.68. The number of rotatable bonds is 8. The van der Waals surface area contributed by atoms with Crippen molar-refractivity contribution in [1.29, 1.82) is 0 Å². The third-order valence-corrected chi connectivity index (χ3v) is 4.99. The lowest BCUT2D eigenvalue weighted by molar-refractivity contribution is 0.410. The van der Waals surface area contributed by atoms with Gasteiger partial charge < -0.3 is 0 Å². The highest BCUT2D eigenvalue weighted by Gasteiger charge is 2.22. The van der Waals surface area contributed by atoms with E-state index in [0.29, 0.717) is 23.9 Å². The van der Waals surface area contributed by atoms with Crippen LogP contribution in [0.2, 0.25) is 0 Å². The molecule has 0 amide bonds. The van der Waals surface area contributed by atoms with Crippen LogP contribution in [0.5, 0.6) is 0 Å². The van der Waals surface area contributed by atoms with Crippen molar-refractivity contribution in [2.24, 2.45) is 0 Å². The molecule has 108 valence electrons. The van der Waals surface area contributed by atoms with Crippen molar-refractivity contribution >= 4 is 21.6 Å². The van der Waals surface area contributed by atoms with Gasteiger partial charge in [-0.25, -0.2) is 8.42 Å². The molecule has 0 bridgehead atoms. The minimum Gasteiger partial charge on any atom is -0.207 e. The zero-order valence-electron chi connectivity index (χ0n) is 11.6. The van der Waals surface area contributed by atoms with Gasteiger partial charge in [0.15, 0.2) is 0 Å². The maximum absolute atomic E-state index is 12.5. The molecule has 0 heterocycles. The third-order valence-electron chi connectivity index (χ3n) is 2.89. The highest BCUT2D eigenvalue weighted by atomic mass is 35.5. The van der Waals surface area contributed by atoms with Crippen LogP contribution in [0, 0.1) is 0 Å². The molecule has 0 aliphatic carbocycles. The first-order chi connectivity index (χ1) is 9.06. The lowest BCUT2D eigenvalue weighted by atomic mass is 10.2. The summed E-state index contributed by atoms with van der Waals surface area (Å²) in [4.78, 5) is 0.368. The molecule has 0 aromatic heterocycles. The second-order valence-electron chi connectivity index (χ2n) is 4.49. The first kappa shape index (κ1) is 16.5. The quantitative estimate of drug-likeness (QED) is 0.691. The van der Waals surface area contributed by atoms with Gasteiger partial charge >= 0.3 is 0 Å². The number of nitrogens with zero attached hydrogens (tertiary/aromatic N) is 1. The lowest BCUT2D eigenvalue weighted by Crippen LogP contribution is -2.32. The largest absolute Gasteiger partial charge is 0.243 e. The van der Waals surface area contributed by atoms with Crippen molar-refractivity contribution in [3.05, 3.63) is 29.8 Å². The van der Waals surface area contributed by atoms with Gasteiger partial charge in [-0.05, 0) is 37.0 Å². The Balaban J connectivity index is 2.96. The van der Waals surface area contributed by atoms with E-state index in [9.17, 15) is 8.42 Å². The van der Waals surface area contributed by atoms with Crippen LogP contribution in [0.1, 0.15) is 32.3 Å². The maximum atomic E-state index is 12.5. The molecule has 0 radical (unpaired) electrons. The molecule has 5 heteroatoms. The van der Waals surface area contributed by atoms with Gasteiger partial charge in [-0.1, -0.05) is 26.0 Å². The highest BCUT2D eigenvalue weighted by Crippen LogP contribution is 2.17. The van der Waals surface area contributed by atoms with Gasteiger partial charge in [0.05, 0.1) is 4.90 Å². The molecule has 0 spiro atoms.